The van der Waals surface area contributed by atoms with E-state index in [0.29, 0.717) is 19.3 Å². The number of hydrogen-bond donors (Lipinski definition) is 6. The van der Waals surface area contributed by atoms with Crippen LogP contribution < -0.4 is 5.32 Å². The van der Waals surface area contributed by atoms with Crippen LogP contribution in [0.3, 0.4) is 0 Å². The van der Waals surface area contributed by atoms with Gasteiger partial charge in [-0.15, -0.1) is 0 Å². The first-order valence-electron chi connectivity index (χ1n) is 28.1. The summed E-state index contributed by atoms with van der Waals surface area (Å²) in [7, 11) is 0. The van der Waals surface area contributed by atoms with Crippen LogP contribution in [0.2, 0.25) is 0 Å². The van der Waals surface area contributed by atoms with E-state index in [9.17, 15) is 35.1 Å². The fourth-order valence-corrected chi connectivity index (χ4v) is 8.82. The van der Waals surface area contributed by atoms with Crippen molar-refractivity contribution in [3.63, 3.8) is 0 Å². The summed E-state index contributed by atoms with van der Waals surface area (Å²) >= 11 is 0. The average molecular weight is 952 g/mol. The van der Waals surface area contributed by atoms with E-state index in [0.717, 1.165) is 64.2 Å². The van der Waals surface area contributed by atoms with Gasteiger partial charge in [-0.1, -0.05) is 225 Å². The Hall–Kier alpha value is -1.86. The highest BCUT2D eigenvalue weighted by molar-refractivity contribution is 5.80. The fourth-order valence-electron chi connectivity index (χ4n) is 8.82. The Balaban J connectivity index is 2.74. The molecule has 8 unspecified atom stereocenters. The molecule has 11 nitrogen and oxygen atoms in total. The average Bonchev–Trinajstić information content (AvgIpc) is 3.32. The number of allylic oxidation sites excluding steroid dienone is 3. The van der Waals surface area contributed by atoms with Crippen LogP contribution in [-0.4, -0.2) is 99.6 Å². The molecule has 1 aliphatic rings. The Morgan fingerprint density at radius 1 is 0.567 bits per heavy atom. The summed E-state index contributed by atoms with van der Waals surface area (Å²) in [5, 5.41) is 56.7. The first-order valence-corrected chi connectivity index (χ1v) is 28.1. The highest BCUT2D eigenvalue weighted by Crippen LogP contribution is 2.26. The van der Waals surface area contributed by atoms with E-state index in [2.05, 4.69) is 38.2 Å². The second-order valence-corrected chi connectivity index (χ2v) is 19.7. The Labute approximate surface area is 410 Å². The summed E-state index contributed by atoms with van der Waals surface area (Å²) in [5.41, 5.74) is 0. The van der Waals surface area contributed by atoms with Gasteiger partial charge in [-0.3, -0.25) is 9.59 Å². The van der Waals surface area contributed by atoms with Crippen molar-refractivity contribution in [1.29, 1.82) is 0 Å². The lowest BCUT2D eigenvalue weighted by Crippen LogP contribution is -2.61. The van der Waals surface area contributed by atoms with E-state index < -0.39 is 67.4 Å². The van der Waals surface area contributed by atoms with Gasteiger partial charge in [-0.05, 0) is 51.4 Å². The van der Waals surface area contributed by atoms with Gasteiger partial charge in [0, 0.05) is 6.42 Å². The van der Waals surface area contributed by atoms with Gasteiger partial charge >= 0.3 is 5.97 Å². The van der Waals surface area contributed by atoms with Gasteiger partial charge in [0.25, 0.3) is 0 Å². The van der Waals surface area contributed by atoms with Gasteiger partial charge in [0.2, 0.25) is 5.91 Å². The second-order valence-electron chi connectivity index (χ2n) is 19.7. The Morgan fingerprint density at radius 3 is 1.45 bits per heavy atom. The smallest absolute Gasteiger partial charge is 0.306 e. The molecule has 6 N–H and O–H groups in total. The number of amides is 1. The number of unbranched alkanes of at least 4 members (excludes halogenated alkanes) is 31. The van der Waals surface area contributed by atoms with Crippen LogP contribution in [0.4, 0.5) is 0 Å². The quantitative estimate of drug-likeness (QED) is 0.0196. The zero-order chi connectivity index (χ0) is 49.0. The van der Waals surface area contributed by atoms with E-state index in [1.807, 2.05) is 6.08 Å². The van der Waals surface area contributed by atoms with E-state index >= 15 is 0 Å². The standard InChI is InChI=1S/C56H105NO10/c1-4-7-10-13-16-19-22-24-26-28-31-34-37-40-43-49(60)55(64)57-47(48(59)42-39-36-33-30-27-21-18-15-12-9-6-3)46-65-56-54(53(63)52(62)50(45-58)66-56)67-51(61)44-41-38-35-32-29-25-23-20-17-14-11-8-5-2/h25,29,39,42,47-50,52-54,56,58-60,62-63H,4-24,26-28,30-38,40-41,43-46H2,1-3H3,(H,57,64)/b29-25-,42-39+. The molecule has 0 saturated carbocycles. The van der Waals surface area contributed by atoms with Crippen molar-refractivity contribution in [3.8, 4) is 0 Å². The molecule has 1 fully saturated rings. The molecule has 1 rings (SSSR count). The second kappa shape index (κ2) is 45.3. The molecule has 0 spiro atoms. The predicted octanol–water partition coefficient (Wildman–Crippen LogP) is 12.2. The number of aliphatic hydroxyl groups excluding tert-OH is 5. The SMILES string of the molecule is CCCCCCCC/C=C\CCCCCC(=O)OC1C(OCC(NC(=O)C(O)CCCCCCCCCCCCCCCC)C(O)/C=C/CCCCCCCCCCC)OC(CO)C(O)C1O. The van der Waals surface area contributed by atoms with Crippen LogP contribution in [-0.2, 0) is 23.8 Å². The summed E-state index contributed by atoms with van der Waals surface area (Å²) < 4.78 is 17.5. The van der Waals surface area contributed by atoms with Gasteiger partial charge in [0.15, 0.2) is 12.4 Å². The molecule has 1 saturated heterocycles. The third-order valence-electron chi connectivity index (χ3n) is 13.4. The summed E-state index contributed by atoms with van der Waals surface area (Å²) in [6.07, 6.45) is 39.4. The molecule has 1 heterocycles. The molecule has 1 aliphatic heterocycles. The van der Waals surface area contributed by atoms with Crippen LogP contribution in [0.25, 0.3) is 0 Å². The number of ether oxygens (including phenoxy) is 3. The monoisotopic (exact) mass is 952 g/mol. The van der Waals surface area contributed by atoms with Crippen molar-refractivity contribution in [2.24, 2.45) is 0 Å². The summed E-state index contributed by atoms with van der Waals surface area (Å²) in [6.45, 7) is 5.76. The number of carbonyl (C=O) groups is 2. The molecule has 0 aromatic heterocycles. The van der Waals surface area contributed by atoms with Crippen LogP contribution in [0, 0.1) is 0 Å². The molecule has 67 heavy (non-hydrogen) atoms. The lowest BCUT2D eigenvalue weighted by atomic mass is 9.99. The normalized spacial score (nSPS) is 20.1. The van der Waals surface area contributed by atoms with Gasteiger partial charge in [-0.2, -0.15) is 0 Å². The number of hydrogen-bond acceptors (Lipinski definition) is 10. The van der Waals surface area contributed by atoms with Gasteiger partial charge in [0.05, 0.1) is 25.4 Å². The maximum absolute atomic E-state index is 13.3. The minimum Gasteiger partial charge on any atom is -0.454 e. The highest BCUT2D eigenvalue weighted by atomic mass is 16.7. The highest BCUT2D eigenvalue weighted by Gasteiger charge is 2.47. The Kier molecular flexibility index (Phi) is 42.7. The van der Waals surface area contributed by atoms with Crippen LogP contribution in [0.1, 0.15) is 258 Å². The number of aliphatic hydroxyl groups is 5. The van der Waals surface area contributed by atoms with E-state index in [1.165, 1.54) is 148 Å². The van der Waals surface area contributed by atoms with Gasteiger partial charge < -0.3 is 45.1 Å². The number of rotatable bonds is 47. The summed E-state index contributed by atoms with van der Waals surface area (Å²) in [5.74, 6) is -1.20. The number of nitrogens with one attached hydrogen (secondary N) is 1. The van der Waals surface area contributed by atoms with Gasteiger partial charge in [0.1, 0.15) is 24.4 Å². The minimum atomic E-state index is -1.61. The molecular formula is C56H105NO10. The van der Waals surface area contributed by atoms with Crippen molar-refractivity contribution >= 4 is 11.9 Å². The van der Waals surface area contributed by atoms with Crippen LogP contribution in [0.15, 0.2) is 24.3 Å². The lowest BCUT2D eigenvalue weighted by Gasteiger charge is -2.41. The molecule has 8 atom stereocenters. The largest absolute Gasteiger partial charge is 0.454 e. The van der Waals surface area contributed by atoms with Crippen molar-refractivity contribution in [3.05, 3.63) is 24.3 Å². The van der Waals surface area contributed by atoms with Crippen molar-refractivity contribution in [2.45, 2.75) is 307 Å². The fraction of sp³-hybridized carbons (Fsp3) is 0.893. The minimum absolute atomic E-state index is 0.106. The van der Waals surface area contributed by atoms with Gasteiger partial charge in [-0.25, -0.2) is 0 Å². The summed E-state index contributed by atoms with van der Waals surface area (Å²) in [4.78, 5) is 26.4. The number of esters is 1. The summed E-state index contributed by atoms with van der Waals surface area (Å²) in [6, 6.07) is -1.02. The number of carbonyl (C=O) groups excluding carboxylic acids is 2. The Morgan fingerprint density at radius 2 is 0.985 bits per heavy atom. The maximum Gasteiger partial charge on any atom is 0.306 e. The first kappa shape index (κ1) is 63.2. The third-order valence-corrected chi connectivity index (χ3v) is 13.4. The van der Waals surface area contributed by atoms with Crippen molar-refractivity contribution < 1.29 is 49.3 Å². The molecular weight excluding hydrogens is 847 g/mol. The van der Waals surface area contributed by atoms with Crippen molar-refractivity contribution in [1.82, 2.24) is 5.32 Å². The third kappa shape index (κ3) is 34.2. The molecule has 0 aromatic carbocycles. The van der Waals surface area contributed by atoms with Crippen LogP contribution in [0.5, 0.6) is 0 Å². The Bertz CT molecular complexity index is 1180. The predicted molar refractivity (Wildman–Crippen MR) is 274 cm³/mol. The molecule has 11 heteroatoms. The van der Waals surface area contributed by atoms with E-state index in [4.69, 9.17) is 14.2 Å². The zero-order valence-corrected chi connectivity index (χ0v) is 43.3. The maximum atomic E-state index is 13.3. The molecule has 0 aromatic rings. The molecule has 1 amide bonds. The first-order chi connectivity index (χ1) is 32.7. The lowest BCUT2D eigenvalue weighted by molar-refractivity contribution is -0.305. The zero-order valence-electron chi connectivity index (χ0n) is 43.3. The molecule has 0 bridgehead atoms. The molecule has 394 valence electrons. The van der Waals surface area contributed by atoms with Crippen LogP contribution >= 0.6 is 0 Å². The molecule has 0 radical (unpaired) electrons. The van der Waals surface area contributed by atoms with Crippen molar-refractivity contribution in [2.75, 3.05) is 13.2 Å². The van der Waals surface area contributed by atoms with E-state index in [1.54, 1.807) is 6.08 Å². The molecule has 0 aliphatic carbocycles. The topological polar surface area (TPSA) is 175 Å². The van der Waals surface area contributed by atoms with E-state index in [-0.39, 0.29) is 13.0 Å².